The molecule has 0 bridgehead atoms. The summed E-state index contributed by atoms with van der Waals surface area (Å²) in [5.41, 5.74) is 0.994. The summed E-state index contributed by atoms with van der Waals surface area (Å²) in [6.45, 7) is 0. The van der Waals surface area contributed by atoms with Crippen LogP contribution in [0.5, 0.6) is 0 Å². The fourth-order valence-corrected chi connectivity index (χ4v) is 2.23. The van der Waals surface area contributed by atoms with E-state index < -0.39 is 11.9 Å². The average molecular weight is 323 g/mol. The molecular weight excluding hydrogens is 311 g/mol. The van der Waals surface area contributed by atoms with Crippen LogP contribution in [0, 0.1) is 0 Å². The van der Waals surface area contributed by atoms with Gasteiger partial charge < -0.3 is 5.11 Å². The Labute approximate surface area is 132 Å². The minimum atomic E-state index is -1.04. The minimum Gasteiger partial charge on any atom is -0.481 e. The second-order valence-corrected chi connectivity index (χ2v) is 5.45. The van der Waals surface area contributed by atoms with Gasteiger partial charge >= 0.3 is 5.97 Å². The third-order valence-electron chi connectivity index (χ3n) is 3.13. The molecule has 0 spiro atoms. The molecule has 0 saturated heterocycles. The predicted molar refractivity (Wildman–Crippen MR) is 82.2 cm³/mol. The second kappa shape index (κ2) is 6.74. The maximum atomic E-state index is 12.2. The zero-order valence-electron chi connectivity index (χ0n) is 10.9. The van der Waals surface area contributed by atoms with E-state index in [0.29, 0.717) is 21.2 Å². The van der Waals surface area contributed by atoms with E-state index in [-0.39, 0.29) is 12.2 Å². The van der Waals surface area contributed by atoms with Crippen molar-refractivity contribution < 1.29 is 14.7 Å². The quantitative estimate of drug-likeness (QED) is 0.828. The zero-order chi connectivity index (χ0) is 15.4. The van der Waals surface area contributed by atoms with Crippen molar-refractivity contribution in [3.63, 3.8) is 0 Å². The lowest BCUT2D eigenvalue weighted by Gasteiger charge is -2.12. The van der Waals surface area contributed by atoms with Crippen molar-refractivity contribution in [1.82, 2.24) is 0 Å². The summed E-state index contributed by atoms with van der Waals surface area (Å²) in [6, 6.07) is 12.8. The van der Waals surface area contributed by atoms with E-state index in [0.717, 1.165) is 0 Å². The van der Waals surface area contributed by atoms with Gasteiger partial charge in [-0.1, -0.05) is 35.3 Å². The highest BCUT2D eigenvalue weighted by Gasteiger charge is 2.23. The van der Waals surface area contributed by atoms with Crippen molar-refractivity contribution in [2.45, 2.75) is 12.3 Å². The Morgan fingerprint density at radius 1 is 0.905 bits per heavy atom. The van der Waals surface area contributed by atoms with Crippen LogP contribution in [0.3, 0.4) is 0 Å². The van der Waals surface area contributed by atoms with E-state index in [1.54, 1.807) is 48.5 Å². The molecule has 2 rings (SSSR count). The highest BCUT2D eigenvalue weighted by Crippen LogP contribution is 2.24. The fraction of sp³-hybridized carbons (Fsp3) is 0.125. The van der Waals surface area contributed by atoms with Crippen LogP contribution < -0.4 is 0 Å². The van der Waals surface area contributed by atoms with Gasteiger partial charge in [0.25, 0.3) is 0 Å². The van der Waals surface area contributed by atoms with E-state index in [2.05, 4.69) is 0 Å². The molecule has 1 atom stereocenters. The van der Waals surface area contributed by atoms with Crippen LogP contribution in [0.1, 0.15) is 28.3 Å². The predicted octanol–water partition coefficient (Wildman–Crippen LogP) is 4.43. The molecule has 2 aromatic carbocycles. The molecule has 3 nitrogen and oxygen atoms in total. The average Bonchev–Trinajstić information content (AvgIpc) is 2.46. The summed E-state index contributed by atoms with van der Waals surface area (Å²) in [5.74, 6) is -2.18. The lowest BCUT2D eigenvalue weighted by atomic mass is 9.92. The summed E-state index contributed by atoms with van der Waals surface area (Å²) in [5, 5.41) is 10.4. The van der Waals surface area contributed by atoms with Gasteiger partial charge in [-0.2, -0.15) is 0 Å². The number of carboxylic acids is 1. The lowest BCUT2D eigenvalue weighted by molar-refractivity contribution is -0.138. The van der Waals surface area contributed by atoms with Gasteiger partial charge in [0.15, 0.2) is 5.78 Å². The number of carbonyl (C=O) groups is 2. The van der Waals surface area contributed by atoms with E-state index in [4.69, 9.17) is 23.2 Å². The smallest absolute Gasteiger partial charge is 0.311 e. The van der Waals surface area contributed by atoms with Crippen molar-refractivity contribution in [2.24, 2.45) is 0 Å². The van der Waals surface area contributed by atoms with Gasteiger partial charge in [-0.05, 0) is 42.0 Å². The molecule has 21 heavy (non-hydrogen) atoms. The largest absolute Gasteiger partial charge is 0.481 e. The van der Waals surface area contributed by atoms with Gasteiger partial charge in [0.05, 0.1) is 5.92 Å². The van der Waals surface area contributed by atoms with Gasteiger partial charge in [0, 0.05) is 22.0 Å². The van der Waals surface area contributed by atoms with Gasteiger partial charge in [-0.15, -0.1) is 0 Å². The molecule has 2 aromatic rings. The molecule has 108 valence electrons. The normalized spacial score (nSPS) is 11.9. The Balaban J connectivity index is 2.20. The maximum absolute atomic E-state index is 12.2. The number of carbonyl (C=O) groups excluding carboxylic acids is 1. The summed E-state index contributed by atoms with van der Waals surface area (Å²) in [4.78, 5) is 23.6. The molecular formula is C16H12Cl2O3. The van der Waals surface area contributed by atoms with Gasteiger partial charge in [0.2, 0.25) is 0 Å². The lowest BCUT2D eigenvalue weighted by Crippen LogP contribution is -2.16. The molecule has 0 unspecified atom stereocenters. The SMILES string of the molecule is O=C(C[C@H](C(=O)O)c1ccc(Cl)cc1)c1ccc(Cl)cc1. The second-order valence-electron chi connectivity index (χ2n) is 4.58. The molecule has 0 aliphatic carbocycles. The van der Waals surface area contributed by atoms with E-state index in [1.807, 2.05) is 0 Å². The van der Waals surface area contributed by atoms with Crippen molar-refractivity contribution in [3.8, 4) is 0 Å². The van der Waals surface area contributed by atoms with Crippen LogP contribution in [0.2, 0.25) is 10.0 Å². The Bertz CT molecular complexity index is 648. The number of hydrogen-bond acceptors (Lipinski definition) is 2. The van der Waals surface area contributed by atoms with E-state index >= 15 is 0 Å². The highest BCUT2D eigenvalue weighted by atomic mass is 35.5. The third-order valence-corrected chi connectivity index (χ3v) is 3.63. The molecule has 0 aliphatic heterocycles. The summed E-state index contributed by atoms with van der Waals surface area (Å²) < 4.78 is 0. The van der Waals surface area contributed by atoms with Crippen molar-refractivity contribution in [2.75, 3.05) is 0 Å². The number of benzene rings is 2. The summed E-state index contributed by atoms with van der Waals surface area (Å²) >= 11 is 11.6. The van der Waals surface area contributed by atoms with Gasteiger partial charge in [0.1, 0.15) is 0 Å². The van der Waals surface area contributed by atoms with Crippen LogP contribution in [0.25, 0.3) is 0 Å². The Hall–Kier alpha value is -1.84. The summed E-state index contributed by atoms with van der Waals surface area (Å²) in [6.07, 6.45) is -0.113. The molecule has 0 aromatic heterocycles. The molecule has 1 N–H and O–H groups in total. The maximum Gasteiger partial charge on any atom is 0.311 e. The molecule has 5 heteroatoms. The van der Waals surface area contributed by atoms with Crippen LogP contribution in [-0.4, -0.2) is 16.9 Å². The van der Waals surface area contributed by atoms with Crippen molar-refractivity contribution >= 4 is 35.0 Å². The van der Waals surface area contributed by atoms with E-state index in [1.165, 1.54) is 0 Å². The molecule has 0 aliphatic rings. The van der Waals surface area contributed by atoms with Crippen LogP contribution in [0.4, 0.5) is 0 Å². The first-order chi connectivity index (χ1) is 9.97. The number of carboxylic acid groups (broad SMARTS) is 1. The molecule has 0 saturated carbocycles. The Kier molecular flexibility index (Phi) is 4.99. The van der Waals surface area contributed by atoms with Crippen molar-refractivity contribution in [1.29, 1.82) is 0 Å². The Morgan fingerprint density at radius 2 is 1.38 bits per heavy atom. The Morgan fingerprint density at radius 3 is 1.86 bits per heavy atom. The van der Waals surface area contributed by atoms with Crippen LogP contribution in [0.15, 0.2) is 48.5 Å². The monoisotopic (exact) mass is 322 g/mol. The first kappa shape index (κ1) is 15.5. The zero-order valence-corrected chi connectivity index (χ0v) is 12.4. The van der Waals surface area contributed by atoms with Crippen molar-refractivity contribution in [3.05, 3.63) is 69.7 Å². The summed E-state index contributed by atoms with van der Waals surface area (Å²) in [7, 11) is 0. The molecule has 0 radical (unpaired) electrons. The molecule has 0 heterocycles. The van der Waals surface area contributed by atoms with Gasteiger partial charge in [-0.25, -0.2) is 0 Å². The third kappa shape index (κ3) is 4.06. The number of hydrogen-bond donors (Lipinski definition) is 1. The topological polar surface area (TPSA) is 54.4 Å². The first-order valence-corrected chi connectivity index (χ1v) is 7.00. The molecule has 0 amide bonds. The fourth-order valence-electron chi connectivity index (χ4n) is 1.98. The van der Waals surface area contributed by atoms with E-state index in [9.17, 15) is 14.7 Å². The standard InChI is InChI=1S/C16H12Cl2O3/c17-12-5-1-10(2-6-12)14(16(20)21)9-15(19)11-3-7-13(18)8-4-11/h1-8,14H,9H2,(H,20,21)/t14-/m0/s1. The number of halogens is 2. The number of aliphatic carboxylic acids is 1. The number of rotatable bonds is 5. The van der Waals surface area contributed by atoms with Gasteiger partial charge in [-0.3, -0.25) is 9.59 Å². The number of ketones is 1. The first-order valence-electron chi connectivity index (χ1n) is 6.24. The van der Waals surface area contributed by atoms with Crippen LogP contribution >= 0.6 is 23.2 Å². The molecule has 0 fully saturated rings. The number of Topliss-reactive ketones (excluding diaryl/α,β-unsaturated/α-hetero) is 1. The minimum absolute atomic E-state index is 0.113. The highest BCUT2D eigenvalue weighted by molar-refractivity contribution is 6.30. The van der Waals surface area contributed by atoms with Crippen LogP contribution in [-0.2, 0) is 4.79 Å².